The third-order valence-corrected chi connectivity index (χ3v) is 4.82. The molecule has 1 fully saturated rings. The van der Waals surface area contributed by atoms with Gasteiger partial charge in [-0.05, 0) is 12.5 Å². The highest BCUT2D eigenvalue weighted by atomic mass is 16.2. The monoisotopic (exact) mass is 328 g/mol. The summed E-state index contributed by atoms with van der Waals surface area (Å²) in [7, 11) is 1.71. The number of benzene rings is 1. The lowest BCUT2D eigenvalue weighted by molar-refractivity contribution is -0.137. The Kier molecular flexibility index (Phi) is 6.04. The number of aldehydes is 2. The molecule has 0 N–H and O–H groups in total. The van der Waals surface area contributed by atoms with E-state index in [4.69, 9.17) is 0 Å². The zero-order valence-corrected chi connectivity index (χ0v) is 14.2. The van der Waals surface area contributed by atoms with Crippen molar-refractivity contribution in [3.63, 3.8) is 0 Å². The topological polar surface area (TPSA) is 57.7 Å². The summed E-state index contributed by atoms with van der Waals surface area (Å²) in [6.45, 7) is 6.77. The molecule has 1 saturated heterocycles. The normalized spacial score (nSPS) is 26.8. The number of hydrogen-bond acceptors (Lipinski definition) is 4. The molecule has 0 saturated carbocycles. The molecule has 0 bridgehead atoms. The van der Waals surface area contributed by atoms with Gasteiger partial charge in [0.2, 0.25) is 5.91 Å². The molecule has 128 valence electrons. The van der Waals surface area contributed by atoms with E-state index in [1.54, 1.807) is 18.0 Å². The first kappa shape index (κ1) is 18.1. The van der Waals surface area contributed by atoms with Gasteiger partial charge in [0.05, 0.1) is 17.9 Å². The van der Waals surface area contributed by atoms with Crippen molar-refractivity contribution in [2.75, 3.05) is 13.6 Å². The fourth-order valence-electron chi connectivity index (χ4n) is 3.41. The summed E-state index contributed by atoms with van der Waals surface area (Å²) < 4.78 is 0. The maximum atomic E-state index is 12.8. The van der Waals surface area contributed by atoms with E-state index in [1.165, 1.54) is 0 Å². The predicted molar refractivity (Wildman–Crippen MR) is 92.2 cm³/mol. The molecule has 1 aliphatic rings. The minimum atomic E-state index is -0.657. The molecule has 1 aromatic rings. The van der Waals surface area contributed by atoms with E-state index in [2.05, 4.69) is 6.58 Å². The summed E-state index contributed by atoms with van der Waals surface area (Å²) in [4.78, 5) is 39.6. The van der Waals surface area contributed by atoms with Gasteiger partial charge in [0.1, 0.15) is 12.6 Å². The summed E-state index contributed by atoms with van der Waals surface area (Å²) in [6.07, 6.45) is 3.19. The third-order valence-electron chi connectivity index (χ3n) is 4.82. The van der Waals surface area contributed by atoms with E-state index in [-0.39, 0.29) is 11.9 Å². The van der Waals surface area contributed by atoms with Gasteiger partial charge in [-0.1, -0.05) is 36.4 Å². The molecular formula is C19H24N2O3. The van der Waals surface area contributed by atoms with Crippen LogP contribution in [-0.4, -0.2) is 54.0 Å². The van der Waals surface area contributed by atoms with Gasteiger partial charge in [-0.25, -0.2) is 0 Å². The number of hydrogen-bond donors (Lipinski definition) is 0. The SMILES string of the molecule is C=CC1C(C(=O)N(C)CC)C(C=O)C(C=O)N1Cc1ccccc1. The summed E-state index contributed by atoms with van der Waals surface area (Å²) in [5.74, 6) is -1.36. The Labute approximate surface area is 142 Å². The van der Waals surface area contributed by atoms with E-state index in [0.29, 0.717) is 13.1 Å². The minimum absolute atomic E-state index is 0.123. The van der Waals surface area contributed by atoms with E-state index in [0.717, 1.165) is 18.1 Å². The van der Waals surface area contributed by atoms with Crippen molar-refractivity contribution in [3.8, 4) is 0 Å². The lowest BCUT2D eigenvalue weighted by atomic mass is 9.87. The van der Waals surface area contributed by atoms with Crippen LogP contribution in [0.4, 0.5) is 0 Å². The fourth-order valence-corrected chi connectivity index (χ4v) is 3.41. The Balaban J connectivity index is 2.38. The van der Waals surface area contributed by atoms with Crippen LogP contribution in [0.5, 0.6) is 0 Å². The highest BCUT2D eigenvalue weighted by Crippen LogP contribution is 2.36. The summed E-state index contributed by atoms with van der Waals surface area (Å²) in [6, 6.07) is 8.73. The van der Waals surface area contributed by atoms with Crippen LogP contribution in [0.2, 0.25) is 0 Å². The molecule has 0 spiro atoms. The Bertz CT molecular complexity index is 602. The van der Waals surface area contributed by atoms with Gasteiger partial charge in [0, 0.05) is 26.2 Å². The Morgan fingerprint density at radius 2 is 1.88 bits per heavy atom. The van der Waals surface area contributed by atoms with E-state index < -0.39 is 17.9 Å². The lowest BCUT2D eigenvalue weighted by Crippen LogP contribution is -2.41. The molecule has 1 aliphatic heterocycles. The molecule has 4 unspecified atom stereocenters. The van der Waals surface area contributed by atoms with Crippen molar-refractivity contribution < 1.29 is 14.4 Å². The van der Waals surface area contributed by atoms with Crippen LogP contribution in [0.3, 0.4) is 0 Å². The first-order valence-corrected chi connectivity index (χ1v) is 8.16. The second kappa shape index (κ2) is 8.02. The maximum absolute atomic E-state index is 12.8. The number of carbonyl (C=O) groups is 3. The molecule has 4 atom stereocenters. The van der Waals surface area contributed by atoms with Gasteiger partial charge in [-0.3, -0.25) is 9.69 Å². The van der Waals surface area contributed by atoms with Crippen LogP contribution in [0.1, 0.15) is 12.5 Å². The zero-order valence-electron chi connectivity index (χ0n) is 14.2. The van der Waals surface area contributed by atoms with Gasteiger partial charge in [0.15, 0.2) is 0 Å². The molecule has 0 radical (unpaired) electrons. The number of nitrogens with zero attached hydrogens (tertiary/aromatic N) is 2. The van der Waals surface area contributed by atoms with Crippen LogP contribution >= 0.6 is 0 Å². The number of amides is 1. The van der Waals surface area contributed by atoms with Crippen LogP contribution in [0.25, 0.3) is 0 Å². The third kappa shape index (κ3) is 3.31. The highest BCUT2D eigenvalue weighted by Gasteiger charge is 2.51. The first-order valence-electron chi connectivity index (χ1n) is 8.16. The van der Waals surface area contributed by atoms with Crippen molar-refractivity contribution >= 4 is 18.5 Å². The minimum Gasteiger partial charge on any atom is -0.346 e. The van der Waals surface area contributed by atoms with Crippen molar-refractivity contribution in [3.05, 3.63) is 48.6 Å². The van der Waals surface area contributed by atoms with E-state index in [1.807, 2.05) is 42.2 Å². The van der Waals surface area contributed by atoms with Crippen LogP contribution < -0.4 is 0 Å². The number of rotatable bonds is 7. The molecule has 5 heteroatoms. The molecule has 2 rings (SSSR count). The molecule has 5 nitrogen and oxygen atoms in total. The average Bonchev–Trinajstić information content (AvgIpc) is 2.93. The number of carbonyl (C=O) groups excluding carboxylic acids is 3. The standard InChI is InChI=1S/C19H24N2O3/c1-4-16-18(19(24)20(3)5-2)15(12-22)17(13-23)21(16)11-14-9-7-6-8-10-14/h4,6-10,12-13,15-18H,1,5,11H2,2-3H3. The molecular weight excluding hydrogens is 304 g/mol. The quantitative estimate of drug-likeness (QED) is 0.563. The molecule has 1 heterocycles. The van der Waals surface area contributed by atoms with Crippen molar-refractivity contribution in [1.82, 2.24) is 9.80 Å². The van der Waals surface area contributed by atoms with Gasteiger partial charge in [0.25, 0.3) is 0 Å². The van der Waals surface area contributed by atoms with Gasteiger partial charge in [-0.15, -0.1) is 6.58 Å². The predicted octanol–water partition coefficient (Wildman–Crippen LogP) is 1.53. The molecule has 0 aromatic heterocycles. The smallest absolute Gasteiger partial charge is 0.228 e. The maximum Gasteiger partial charge on any atom is 0.228 e. The number of likely N-dealkylation sites (tertiary alicyclic amines) is 1. The van der Waals surface area contributed by atoms with E-state index >= 15 is 0 Å². The Morgan fingerprint density at radius 3 is 2.38 bits per heavy atom. The second-order valence-corrected chi connectivity index (χ2v) is 6.10. The highest BCUT2D eigenvalue weighted by molar-refractivity contribution is 5.86. The van der Waals surface area contributed by atoms with Crippen molar-refractivity contribution in [2.24, 2.45) is 11.8 Å². The summed E-state index contributed by atoms with van der Waals surface area (Å²) in [5.41, 5.74) is 1.03. The first-order chi connectivity index (χ1) is 11.6. The van der Waals surface area contributed by atoms with Crippen molar-refractivity contribution in [1.29, 1.82) is 0 Å². The molecule has 1 aromatic carbocycles. The van der Waals surface area contributed by atoms with Gasteiger partial charge in [-0.2, -0.15) is 0 Å². The van der Waals surface area contributed by atoms with Crippen LogP contribution in [0, 0.1) is 11.8 Å². The van der Waals surface area contributed by atoms with Crippen LogP contribution in [-0.2, 0) is 20.9 Å². The van der Waals surface area contributed by atoms with Gasteiger partial charge < -0.3 is 14.5 Å². The average molecular weight is 328 g/mol. The van der Waals surface area contributed by atoms with Gasteiger partial charge >= 0.3 is 0 Å². The molecule has 0 aliphatic carbocycles. The largest absolute Gasteiger partial charge is 0.346 e. The van der Waals surface area contributed by atoms with Crippen molar-refractivity contribution in [2.45, 2.75) is 25.6 Å². The Hall–Kier alpha value is -2.27. The zero-order chi connectivity index (χ0) is 17.7. The second-order valence-electron chi connectivity index (χ2n) is 6.10. The summed E-state index contributed by atoms with van der Waals surface area (Å²) >= 11 is 0. The lowest BCUT2D eigenvalue weighted by Gasteiger charge is -2.28. The molecule has 24 heavy (non-hydrogen) atoms. The Morgan fingerprint density at radius 1 is 1.21 bits per heavy atom. The summed E-state index contributed by atoms with van der Waals surface area (Å²) in [5, 5.41) is 0. The molecule has 1 amide bonds. The fraction of sp³-hybridized carbons (Fsp3) is 0.421. The van der Waals surface area contributed by atoms with E-state index in [9.17, 15) is 14.4 Å². The van der Waals surface area contributed by atoms with Crippen LogP contribution in [0.15, 0.2) is 43.0 Å².